The summed E-state index contributed by atoms with van der Waals surface area (Å²) in [6.07, 6.45) is 2.81. The van der Waals surface area contributed by atoms with E-state index in [1.807, 2.05) is 39.0 Å². The minimum atomic E-state index is -0.410. The van der Waals surface area contributed by atoms with Gasteiger partial charge in [-0.2, -0.15) is 15.5 Å². The van der Waals surface area contributed by atoms with Gasteiger partial charge in [-0.3, -0.25) is 9.20 Å². The maximum absolute atomic E-state index is 13.0. The molecule has 0 fully saturated rings. The van der Waals surface area contributed by atoms with E-state index < -0.39 is 5.56 Å². The largest absolute Gasteiger partial charge is 0.438 e. The fourth-order valence-electron chi connectivity index (χ4n) is 2.67. The van der Waals surface area contributed by atoms with Crippen LogP contribution in [0.3, 0.4) is 0 Å². The predicted molar refractivity (Wildman–Crippen MR) is 101 cm³/mol. The van der Waals surface area contributed by atoms with Gasteiger partial charge in [-0.25, -0.2) is 0 Å². The molecule has 0 aliphatic rings. The van der Waals surface area contributed by atoms with Crippen molar-refractivity contribution in [3.05, 3.63) is 74.7 Å². The second-order valence-corrected chi connectivity index (χ2v) is 6.10. The van der Waals surface area contributed by atoms with Gasteiger partial charge in [0.2, 0.25) is 5.88 Å². The molecule has 6 heteroatoms. The van der Waals surface area contributed by atoms with Gasteiger partial charge in [0.25, 0.3) is 5.56 Å². The van der Waals surface area contributed by atoms with Crippen molar-refractivity contribution >= 4 is 11.7 Å². The Morgan fingerprint density at radius 3 is 2.52 bits per heavy atom. The van der Waals surface area contributed by atoms with Crippen LogP contribution in [0.1, 0.15) is 22.3 Å². The minimum Gasteiger partial charge on any atom is -0.438 e. The fraction of sp³-hybridized carbons (Fsp3) is 0.143. The first kappa shape index (κ1) is 17.9. The Hall–Kier alpha value is -3.90. The third-order valence-corrected chi connectivity index (χ3v) is 4.34. The van der Waals surface area contributed by atoms with Crippen LogP contribution in [0.2, 0.25) is 0 Å². The van der Waals surface area contributed by atoms with Crippen LogP contribution in [0.15, 0.2) is 46.9 Å². The summed E-state index contributed by atoms with van der Waals surface area (Å²) in [4.78, 5) is 17.5. The van der Waals surface area contributed by atoms with Gasteiger partial charge in [-0.05, 0) is 55.7 Å². The molecule has 0 atom stereocenters. The molecule has 0 unspecified atom stereocenters. The minimum absolute atomic E-state index is 0.0529. The van der Waals surface area contributed by atoms with Crippen molar-refractivity contribution in [2.24, 2.45) is 0 Å². The standard InChI is InChI=1S/C21H16N4O2/c1-13-6-4-8-18(15(13)3)27-20-17(10-16(11-22)12-23)21(26)25-9-5-7-14(2)19(25)24-20/h4-10H,1-3H3. The summed E-state index contributed by atoms with van der Waals surface area (Å²) in [5.41, 5.74) is 2.65. The van der Waals surface area contributed by atoms with Crippen LogP contribution in [-0.2, 0) is 0 Å². The Morgan fingerprint density at radius 2 is 1.81 bits per heavy atom. The molecule has 0 N–H and O–H groups in total. The van der Waals surface area contributed by atoms with Gasteiger partial charge in [-0.1, -0.05) is 18.2 Å². The molecule has 1 aromatic carbocycles. The molecule has 0 bridgehead atoms. The maximum Gasteiger partial charge on any atom is 0.269 e. The molecule has 3 aromatic rings. The maximum atomic E-state index is 13.0. The van der Waals surface area contributed by atoms with Crippen molar-refractivity contribution < 1.29 is 4.74 Å². The second kappa shape index (κ2) is 7.15. The molecule has 27 heavy (non-hydrogen) atoms. The molecule has 0 spiro atoms. The topological polar surface area (TPSA) is 91.2 Å². The summed E-state index contributed by atoms with van der Waals surface area (Å²) in [5, 5.41) is 18.2. The van der Waals surface area contributed by atoms with Gasteiger partial charge in [0.1, 0.15) is 34.7 Å². The van der Waals surface area contributed by atoms with Crippen molar-refractivity contribution in [3.63, 3.8) is 0 Å². The Bertz CT molecular complexity index is 1210. The average Bonchev–Trinajstić information content (AvgIpc) is 2.66. The van der Waals surface area contributed by atoms with Crippen LogP contribution < -0.4 is 10.3 Å². The highest BCUT2D eigenvalue weighted by molar-refractivity contribution is 5.66. The Labute approximate surface area is 156 Å². The summed E-state index contributed by atoms with van der Waals surface area (Å²) in [7, 11) is 0. The highest BCUT2D eigenvalue weighted by Crippen LogP contribution is 2.28. The first-order valence-electron chi connectivity index (χ1n) is 8.24. The van der Waals surface area contributed by atoms with Crippen LogP contribution in [0.4, 0.5) is 0 Å². The van der Waals surface area contributed by atoms with Crippen LogP contribution >= 0.6 is 0 Å². The van der Waals surface area contributed by atoms with E-state index >= 15 is 0 Å². The van der Waals surface area contributed by atoms with Crippen LogP contribution in [-0.4, -0.2) is 9.38 Å². The van der Waals surface area contributed by atoms with E-state index in [1.165, 1.54) is 10.5 Å². The SMILES string of the molecule is Cc1cccc(Oc2nc3c(C)cccn3c(=O)c2C=C(C#N)C#N)c1C. The monoisotopic (exact) mass is 356 g/mol. The fourth-order valence-corrected chi connectivity index (χ4v) is 2.67. The number of hydrogen-bond donors (Lipinski definition) is 0. The molecule has 2 aromatic heterocycles. The van der Waals surface area contributed by atoms with Crippen LogP contribution in [0.5, 0.6) is 11.6 Å². The smallest absolute Gasteiger partial charge is 0.269 e. The van der Waals surface area contributed by atoms with Crippen LogP contribution in [0, 0.1) is 43.4 Å². The van der Waals surface area contributed by atoms with E-state index in [2.05, 4.69) is 4.98 Å². The highest BCUT2D eigenvalue weighted by atomic mass is 16.5. The molecule has 0 saturated heterocycles. The lowest BCUT2D eigenvalue weighted by Gasteiger charge is -2.13. The summed E-state index contributed by atoms with van der Waals surface area (Å²) < 4.78 is 7.35. The third kappa shape index (κ3) is 3.29. The van der Waals surface area contributed by atoms with Gasteiger partial charge in [-0.15, -0.1) is 0 Å². The number of nitrogens with zero attached hydrogens (tertiary/aromatic N) is 4. The normalized spacial score (nSPS) is 10.1. The van der Waals surface area contributed by atoms with Crippen molar-refractivity contribution in [2.75, 3.05) is 0 Å². The number of benzene rings is 1. The summed E-state index contributed by atoms with van der Waals surface area (Å²) >= 11 is 0. The Morgan fingerprint density at radius 1 is 1.11 bits per heavy atom. The highest BCUT2D eigenvalue weighted by Gasteiger charge is 2.16. The second-order valence-electron chi connectivity index (χ2n) is 6.10. The van der Waals surface area contributed by atoms with Gasteiger partial charge in [0.15, 0.2) is 0 Å². The molecule has 2 heterocycles. The van der Waals surface area contributed by atoms with Crippen LogP contribution in [0.25, 0.3) is 11.7 Å². The number of nitriles is 2. The van der Waals surface area contributed by atoms with Gasteiger partial charge in [0, 0.05) is 6.20 Å². The quantitative estimate of drug-likeness (QED) is 0.665. The lowest BCUT2D eigenvalue weighted by atomic mass is 10.1. The lowest BCUT2D eigenvalue weighted by molar-refractivity contribution is 0.457. The molecule has 0 amide bonds. The van der Waals surface area contributed by atoms with E-state index in [-0.39, 0.29) is 17.0 Å². The first-order valence-corrected chi connectivity index (χ1v) is 8.24. The number of pyridine rings is 1. The van der Waals surface area contributed by atoms with E-state index in [4.69, 9.17) is 15.3 Å². The van der Waals surface area contributed by atoms with E-state index in [9.17, 15) is 4.79 Å². The number of rotatable bonds is 3. The van der Waals surface area contributed by atoms with E-state index in [0.29, 0.717) is 11.4 Å². The number of fused-ring (bicyclic) bond motifs is 1. The third-order valence-electron chi connectivity index (χ3n) is 4.34. The van der Waals surface area contributed by atoms with Crippen molar-refractivity contribution in [1.29, 1.82) is 10.5 Å². The Kier molecular flexibility index (Phi) is 4.74. The summed E-state index contributed by atoms with van der Waals surface area (Å²) in [6, 6.07) is 12.7. The van der Waals surface area contributed by atoms with E-state index in [1.54, 1.807) is 30.5 Å². The zero-order chi connectivity index (χ0) is 19.6. The number of ether oxygens (including phenoxy) is 1. The van der Waals surface area contributed by atoms with Crippen molar-refractivity contribution in [3.8, 4) is 23.8 Å². The van der Waals surface area contributed by atoms with E-state index in [0.717, 1.165) is 16.7 Å². The molecular formula is C21H16N4O2. The molecule has 0 aliphatic heterocycles. The summed E-state index contributed by atoms with van der Waals surface area (Å²) in [6.45, 7) is 5.71. The molecular weight excluding hydrogens is 340 g/mol. The number of allylic oxidation sites excluding steroid dienone is 1. The first-order chi connectivity index (χ1) is 13.0. The van der Waals surface area contributed by atoms with Gasteiger partial charge in [0.05, 0.1) is 0 Å². The lowest BCUT2D eigenvalue weighted by Crippen LogP contribution is -2.19. The zero-order valence-electron chi connectivity index (χ0n) is 15.1. The number of aryl methyl sites for hydroxylation is 2. The number of hydrogen-bond acceptors (Lipinski definition) is 5. The number of aromatic nitrogens is 2. The van der Waals surface area contributed by atoms with Crippen molar-refractivity contribution in [1.82, 2.24) is 9.38 Å². The predicted octanol–water partition coefficient (Wildman–Crippen LogP) is 3.84. The molecule has 0 radical (unpaired) electrons. The molecule has 6 nitrogen and oxygen atoms in total. The molecule has 132 valence electrons. The molecule has 0 aliphatic carbocycles. The van der Waals surface area contributed by atoms with Gasteiger partial charge >= 0.3 is 0 Å². The Balaban J connectivity index is 2.32. The zero-order valence-corrected chi connectivity index (χ0v) is 15.1. The van der Waals surface area contributed by atoms with Gasteiger partial charge < -0.3 is 4.74 Å². The average molecular weight is 356 g/mol. The summed E-state index contributed by atoms with van der Waals surface area (Å²) in [5.74, 6) is 0.621. The molecule has 3 rings (SSSR count). The van der Waals surface area contributed by atoms with Crippen molar-refractivity contribution in [2.45, 2.75) is 20.8 Å². The molecule has 0 saturated carbocycles.